The number of nitrogens with zero attached hydrogens (tertiary/aromatic N) is 1. The van der Waals surface area contributed by atoms with Crippen LogP contribution in [0.4, 0.5) is 14.5 Å². The number of hydrogen-bond acceptors (Lipinski definition) is 4. The van der Waals surface area contributed by atoms with Gasteiger partial charge in [-0.3, -0.25) is 9.52 Å². The number of nitrogens with one attached hydrogen (secondary N) is 1. The number of ether oxygens (including phenoxy) is 1. The summed E-state index contributed by atoms with van der Waals surface area (Å²) in [5.74, 6) is -1.49. The van der Waals surface area contributed by atoms with Crippen molar-refractivity contribution in [1.29, 1.82) is 0 Å². The molecule has 0 heterocycles. The van der Waals surface area contributed by atoms with Gasteiger partial charge in [0.2, 0.25) is 0 Å². The van der Waals surface area contributed by atoms with E-state index in [1.807, 2.05) is 0 Å². The molecule has 0 radical (unpaired) electrons. The van der Waals surface area contributed by atoms with Crippen molar-refractivity contribution in [1.82, 2.24) is 4.31 Å². The van der Waals surface area contributed by atoms with Crippen LogP contribution < -0.4 is 9.46 Å². The van der Waals surface area contributed by atoms with Gasteiger partial charge in [0.05, 0.1) is 12.1 Å². The van der Waals surface area contributed by atoms with Gasteiger partial charge in [-0.25, -0.2) is 0 Å². The molecule has 0 bridgehead atoms. The van der Waals surface area contributed by atoms with Crippen molar-refractivity contribution in [3.05, 3.63) is 24.3 Å². The lowest BCUT2D eigenvalue weighted by atomic mass is 10.3. The second-order valence-electron chi connectivity index (χ2n) is 3.95. The smallest absolute Gasteiger partial charge is 0.387 e. The van der Waals surface area contributed by atoms with E-state index in [0.29, 0.717) is 0 Å². The van der Waals surface area contributed by atoms with Crippen LogP contribution in [0.5, 0.6) is 5.75 Å². The van der Waals surface area contributed by atoms with Crippen LogP contribution in [0.15, 0.2) is 24.3 Å². The predicted octanol–water partition coefficient (Wildman–Crippen LogP) is 1.35. The summed E-state index contributed by atoms with van der Waals surface area (Å²) in [5, 5.41) is 8.52. The van der Waals surface area contributed by atoms with Crippen molar-refractivity contribution in [2.45, 2.75) is 13.0 Å². The molecule has 0 saturated carbocycles. The summed E-state index contributed by atoms with van der Waals surface area (Å²) in [4.78, 5) is 10.4. The van der Waals surface area contributed by atoms with Gasteiger partial charge in [0.15, 0.2) is 0 Å². The van der Waals surface area contributed by atoms with E-state index in [1.165, 1.54) is 31.3 Å². The van der Waals surface area contributed by atoms with Gasteiger partial charge in [0.1, 0.15) is 5.75 Å². The average molecular weight is 324 g/mol. The molecule has 0 spiro atoms. The molecule has 0 unspecified atom stereocenters. The first kappa shape index (κ1) is 17.1. The van der Waals surface area contributed by atoms with Gasteiger partial charge in [0.25, 0.3) is 0 Å². The third-order valence-corrected chi connectivity index (χ3v) is 3.87. The van der Waals surface area contributed by atoms with Gasteiger partial charge in [-0.05, 0) is 12.1 Å². The lowest BCUT2D eigenvalue weighted by molar-refractivity contribution is -0.137. The first-order chi connectivity index (χ1) is 9.72. The Kier molecular flexibility index (Phi) is 5.85. The Morgan fingerprint density at radius 3 is 2.62 bits per heavy atom. The molecule has 0 aliphatic heterocycles. The van der Waals surface area contributed by atoms with Crippen LogP contribution in [-0.2, 0) is 15.0 Å². The van der Waals surface area contributed by atoms with E-state index in [1.54, 1.807) is 0 Å². The van der Waals surface area contributed by atoms with Gasteiger partial charge in [0, 0.05) is 13.6 Å². The monoisotopic (exact) mass is 324 g/mol. The molecule has 118 valence electrons. The molecule has 0 aliphatic rings. The average Bonchev–Trinajstić information content (AvgIpc) is 2.37. The SMILES string of the molecule is CN(CCC(=O)O)S(=O)(=O)Nc1ccccc1OC(F)F. The zero-order chi connectivity index (χ0) is 16.0. The number of hydrogen-bond donors (Lipinski definition) is 2. The molecule has 1 rings (SSSR count). The molecule has 21 heavy (non-hydrogen) atoms. The van der Waals surface area contributed by atoms with Crippen LogP contribution in [0.25, 0.3) is 0 Å². The molecule has 1 aromatic carbocycles. The number of halogens is 2. The summed E-state index contributed by atoms with van der Waals surface area (Å²) in [7, 11) is -2.90. The van der Waals surface area contributed by atoms with Crippen LogP contribution >= 0.6 is 0 Å². The van der Waals surface area contributed by atoms with Crippen LogP contribution in [0.1, 0.15) is 6.42 Å². The zero-order valence-corrected chi connectivity index (χ0v) is 11.8. The maximum Gasteiger partial charge on any atom is 0.387 e. The second-order valence-corrected chi connectivity index (χ2v) is 5.72. The summed E-state index contributed by atoms with van der Waals surface area (Å²) in [6, 6.07) is 5.28. The third kappa shape index (κ3) is 5.52. The molecule has 10 heteroatoms. The van der Waals surface area contributed by atoms with Gasteiger partial charge in [-0.2, -0.15) is 21.5 Å². The summed E-state index contributed by atoms with van der Waals surface area (Å²) in [6.45, 7) is -3.36. The Bertz CT molecular complexity index is 594. The standard InChI is InChI=1S/C11H14F2N2O5S/c1-15(7-6-10(16)17)21(18,19)14-8-4-2-3-5-9(8)20-11(12)13/h2-5,11,14H,6-7H2,1H3,(H,16,17). The predicted molar refractivity (Wildman–Crippen MR) is 70.5 cm³/mol. The highest BCUT2D eigenvalue weighted by Crippen LogP contribution is 2.26. The highest BCUT2D eigenvalue weighted by atomic mass is 32.2. The number of aliphatic carboxylic acids is 1. The van der Waals surface area contributed by atoms with E-state index in [2.05, 4.69) is 9.46 Å². The topological polar surface area (TPSA) is 95.9 Å². The molecule has 0 amide bonds. The molecular formula is C11H14F2N2O5S. The summed E-state index contributed by atoms with van der Waals surface area (Å²) in [5.41, 5.74) is -0.167. The fourth-order valence-electron chi connectivity index (χ4n) is 1.34. The lowest BCUT2D eigenvalue weighted by Crippen LogP contribution is -2.34. The molecule has 0 fully saturated rings. The molecule has 1 aromatic rings. The van der Waals surface area contributed by atoms with E-state index < -0.39 is 22.8 Å². The second kappa shape index (κ2) is 7.18. The van der Waals surface area contributed by atoms with E-state index in [0.717, 1.165) is 4.31 Å². The highest BCUT2D eigenvalue weighted by Gasteiger charge is 2.20. The van der Waals surface area contributed by atoms with Crippen molar-refractivity contribution >= 4 is 21.9 Å². The summed E-state index contributed by atoms with van der Waals surface area (Å²) in [6.07, 6.45) is -0.382. The number of benzene rings is 1. The Balaban J connectivity index is 2.86. The third-order valence-electron chi connectivity index (χ3n) is 2.39. The maximum atomic E-state index is 12.2. The van der Waals surface area contributed by atoms with Crippen LogP contribution in [-0.4, -0.2) is 44.0 Å². The first-order valence-electron chi connectivity index (χ1n) is 5.72. The first-order valence-corrected chi connectivity index (χ1v) is 7.16. The van der Waals surface area contributed by atoms with Gasteiger partial charge < -0.3 is 9.84 Å². The van der Waals surface area contributed by atoms with Crippen molar-refractivity contribution in [3.63, 3.8) is 0 Å². The minimum absolute atomic E-state index is 0.167. The van der Waals surface area contributed by atoms with E-state index in [4.69, 9.17) is 5.11 Å². The van der Waals surface area contributed by atoms with Crippen molar-refractivity contribution < 1.29 is 31.8 Å². The number of para-hydroxylation sites is 2. The molecular weight excluding hydrogens is 310 g/mol. The minimum Gasteiger partial charge on any atom is -0.481 e. The van der Waals surface area contributed by atoms with Crippen LogP contribution in [0.2, 0.25) is 0 Å². The Hall–Kier alpha value is -1.94. The van der Waals surface area contributed by atoms with Crippen molar-refractivity contribution in [2.24, 2.45) is 0 Å². The normalized spacial score (nSPS) is 11.7. The van der Waals surface area contributed by atoms with Gasteiger partial charge >= 0.3 is 22.8 Å². The molecule has 2 N–H and O–H groups in total. The molecule has 0 atom stereocenters. The van der Waals surface area contributed by atoms with E-state index in [9.17, 15) is 22.0 Å². The molecule has 7 nitrogen and oxygen atoms in total. The summed E-state index contributed by atoms with van der Waals surface area (Å²) >= 11 is 0. The molecule has 0 aliphatic carbocycles. The Morgan fingerprint density at radius 1 is 1.43 bits per heavy atom. The Morgan fingerprint density at radius 2 is 2.05 bits per heavy atom. The van der Waals surface area contributed by atoms with E-state index in [-0.39, 0.29) is 24.4 Å². The summed E-state index contributed by atoms with van der Waals surface area (Å²) < 4.78 is 55.3. The zero-order valence-electron chi connectivity index (χ0n) is 11.0. The number of alkyl halides is 2. The quantitative estimate of drug-likeness (QED) is 0.752. The lowest BCUT2D eigenvalue weighted by Gasteiger charge is -2.19. The number of carbonyl (C=O) groups is 1. The van der Waals surface area contributed by atoms with E-state index >= 15 is 0 Å². The van der Waals surface area contributed by atoms with Crippen LogP contribution in [0.3, 0.4) is 0 Å². The fourth-order valence-corrected chi connectivity index (χ4v) is 2.27. The number of carboxylic acids is 1. The number of rotatable bonds is 8. The maximum absolute atomic E-state index is 12.2. The fraction of sp³-hybridized carbons (Fsp3) is 0.364. The van der Waals surface area contributed by atoms with Gasteiger partial charge in [-0.1, -0.05) is 12.1 Å². The largest absolute Gasteiger partial charge is 0.481 e. The number of anilines is 1. The van der Waals surface area contributed by atoms with Crippen molar-refractivity contribution in [2.75, 3.05) is 18.3 Å². The minimum atomic E-state index is -4.07. The van der Waals surface area contributed by atoms with Crippen molar-refractivity contribution in [3.8, 4) is 5.75 Å². The molecule has 0 aromatic heterocycles. The Labute approximate surface area is 120 Å². The number of carboxylic acid groups (broad SMARTS) is 1. The van der Waals surface area contributed by atoms with Crippen LogP contribution in [0, 0.1) is 0 Å². The highest BCUT2D eigenvalue weighted by molar-refractivity contribution is 7.90. The van der Waals surface area contributed by atoms with Gasteiger partial charge in [-0.15, -0.1) is 0 Å². The molecule has 0 saturated heterocycles.